The lowest BCUT2D eigenvalue weighted by molar-refractivity contribution is -0.145. The Kier molecular flexibility index (Phi) is 2.98. The first-order chi connectivity index (χ1) is 6.32. The summed E-state index contributed by atoms with van der Waals surface area (Å²) in [5.74, 6) is -0.934. The van der Waals surface area contributed by atoms with Crippen molar-refractivity contribution >= 4 is 11.8 Å². The molecule has 0 aromatic rings. The van der Waals surface area contributed by atoms with Crippen LogP contribution in [0.4, 0.5) is 0 Å². The summed E-state index contributed by atoms with van der Waals surface area (Å²) in [5.41, 5.74) is -0.106. The van der Waals surface area contributed by atoms with E-state index in [9.17, 15) is 9.59 Å². The highest BCUT2D eigenvalue weighted by Gasteiger charge is 2.38. The highest BCUT2D eigenvalue weighted by molar-refractivity contribution is 5.84. The summed E-state index contributed by atoms with van der Waals surface area (Å²) in [6.07, 6.45) is 1.46. The molecule has 0 aliphatic heterocycles. The first-order valence-electron chi connectivity index (χ1n) is 5.08. The Hall–Kier alpha value is -0.860. The predicted molar refractivity (Wildman–Crippen MR) is 52.9 cm³/mol. The molecular formula is C11H18O3. The summed E-state index contributed by atoms with van der Waals surface area (Å²) >= 11 is 0. The summed E-state index contributed by atoms with van der Waals surface area (Å²) < 4.78 is 0. The maximum absolute atomic E-state index is 11.6. The molecule has 0 heterocycles. The van der Waals surface area contributed by atoms with Crippen molar-refractivity contribution in [1.82, 2.24) is 0 Å². The van der Waals surface area contributed by atoms with Crippen LogP contribution in [0.25, 0.3) is 0 Å². The Morgan fingerprint density at radius 2 is 2.00 bits per heavy atom. The van der Waals surface area contributed by atoms with E-state index in [1.807, 2.05) is 20.8 Å². The van der Waals surface area contributed by atoms with Gasteiger partial charge in [-0.15, -0.1) is 0 Å². The third kappa shape index (κ3) is 2.34. The Bertz CT molecular complexity index is 250. The fourth-order valence-corrected chi connectivity index (χ4v) is 2.09. The summed E-state index contributed by atoms with van der Waals surface area (Å²) in [6.45, 7) is 6.00. The van der Waals surface area contributed by atoms with Crippen molar-refractivity contribution in [3.8, 4) is 0 Å². The fourth-order valence-electron chi connectivity index (χ4n) is 2.09. The standard InChI is InChI=1S/C11H18O3/c1-11(2,3)8-6-7(10(13)14)4-5-9(8)12/h7-8H,4-6H2,1-3H3,(H,13,14)/t7-,8-/m0/s1. The van der Waals surface area contributed by atoms with E-state index >= 15 is 0 Å². The van der Waals surface area contributed by atoms with Crippen LogP contribution < -0.4 is 0 Å². The molecule has 1 N–H and O–H groups in total. The molecule has 0 radical (unpaired) electrons. The monoisotopic (exact) mass is 198 g/mol. The van der Waals surface area contributed by atoms with E-state index in [0.29, 0.717) is 19.3 Å². The van der Waals surface area contributed by atoms with E-state index in [1.54, 1.807) is 0 Å². The van der Waals surface area contributed by atoms with Gasteiger partial charge in [-0.25, -0.2) is 0 Å². The lowest BCUT2D eigenvalue weighted by Gasteiger charge is -2.34. The molecule has 1 fully saturated rings. The number of aliphatic carboxylic acids is 1. The van der Waals surface area contributed by atoms with Crippen molar-refractivity contribution in [2.75, 3.05) is 0 Å². The lowest BCUT2D eigenvalue weighted by atomic mass is 9.68. The van der Waals surface area contributed by atoms with E-state index in [4.69, 9.17) is 5.11 Å². The third-order valence-electron chi connectivity index (χ3n) is 3.04. The average molecular weight is 198 g/mol. The van der Waals surface area contributed by atoms with Gasteiger partial charge in [0.25, 0.3) is 0 Å². The molecule has 0 bridgehead atoms. The number of Topliss-reactive ketones (excluding diaryl/α,β-unsaturated/α-hetero) is 1. The zero-order valence-corrected chi connectivity index (χ0v) is 9.04. The van der Waals surface area contributed by atoms with Gasteiger partial charge in [0.15, 0.2) is 0 Å². The van der Waals surface area contributed by atoms with Crippen molar-refractivity contribution in [3.05, 3.63) is 0 Å². The van der Waals surface area contributed by atoms with E-state index in [0.717, 1.165) is 0 Å². The van der Waals surface area contributed by atoms with E-state index in [1.165, 1.54) is 0 Å². The fraction of sp³-hybridized carbons (Fsp3) is 0.818. The number of hydrogen-bond donors (Lipinski definition) is 1. The molecule has 2 atom stereocenters. The molecule has 80 valence electrons. The first-order valence-corrected chi connectivity index (χ1v) is 5.08. The molecule has 0 aromatic heterocycles. The van der Waals surface area contributed by atoms with Gasteiger partial charge >= 0.3 is 5.97 Å². The predicted octanol–water partition coefficient (Wildman–Crippen LogP) is 2.10. The average Bonchev–Trinajstić information content (AvgIpc) is 2.02. The number of rotatable bonds is 1. The molecule has 3 nitrogen and oxygen atoms in total. The summed E-state index contributed by atoms with van der Waals surface area (Å²) in [4.78, 5) is 22.4. The molecule has 1 saturated carbocycles. The van der Waals surface area contributed by atoms with Gasteiger partial charge in [0, 0.05) is 12.3 Å². The highest BCUT2D eigenvalue weighted by atomic mass is 16.4. The number of carbonyl (C=O) groups is 2. The molecule has 1 aliphatic carbocycles. The van der Waals surface area contributed by atoms with Gasteiger partial charge < -0.3 is 5.11 Å². The van der Waals surface area contributed by atoms with Crippen LogP contribution in [0.5, 0.6) is 0 Å². The van der Waals surface area contributed by atoms with Crippen LogP contribution in [0.15, 0.2) is 0 Å². The minimum absolute atomic E-state index is 0.0858. The second kappa shape index (κ2) is 3.71. The summed E-state index contributed by atoms with van der Waals surface area (Å²) in [7, 11) is 0. The normalized spacial score (nSPS) is 28.9. The lowest BCUT2D eigenvalue weighted by Crippen LogP contribution is -2.36. The maximum Gasteiger partial charge on any atom is 0.306 e. The topological polar surface area (TPSA) is 54.4 Å². The zero-order valence-electron chi connectivity index (χ0n) is 9.04. The Morgan fingerprint density at radius 3 is 2.43 bits per heavy atom. The number of carboxylic acid groups (broad SMARTS) is 1. The van der Waals surface area contributed by atoms with Crippen LogP contribution in [0.3, 0.4) is 0 Å². The number of carbonyl (C=O) groups excluding carboxylic acids is 1. The van der Waals surface area contributed by atoms with Crippen molar-refractivity contribution in [1.29, 1.82) is 0 Å². The number of carboxylic acids is 1. The molecule has 0 spiro atoms. The van der Waals surface area contributed by atoms with Crippen molar-refractivity contribution in [3.63, 3.8) is 0 Å². The minimum Gasteiger partial charge on any atom is -0.481 e. The number of ketones is 1. The SMILES string of the molecule is CC(C)(C)[C@H]1C[C@@H](C(=O)O)CCC1=O. The largest absolute Gasteiger partial charge is 0.481 e. The molecule has 1 aliphatic rings. The second-order valence-corrected chi connectivity index (χ2v) is 5.19. The van der Waals surface area contributed by atoms with Crippen LogP contribution in [0.2, 0.25) is 0 Å². The van der Waals surface area contributed by atoms with Crippen LogP contribution >= 0.6 is 0 Å². The number of hydrogen-bond acceptors (Lipinski definition) is 2. The molecule has 1 rings (SSSR count). The van der Waals surface area contributed by atoms with E-state index in [2.05, 4.69) is 0 Å². The molecule has 0 aromatic carbocycles. The van der Waals surface area contributed by atoms with Gasteiger partial charge in [-0.2, -0.15) is 0 Å². The van der Waals surface area contributed by atoms with Crippen molar-refractivity contribution in [2.45, 2.75) is 40.0 Å². The van der Waals surface area contributed by atoms with Crippen LogP contribution in [-0.2, 0) is 9.59 Å². The minimum atomic E-state index is -0.758. The van der Waals surface area contributed by atoms with Crippen molar-refractivity contribution < 1.29 is 14.7 Å². The molecule has 3 heteroatoms. The molecule has 0 amide bonds. The molecule has 0 unspecified atom stereocenters. The highest BCUT2D eigenvalue weighted by Crippen LogP contribution is 2.38. The quantitative estimate of drug-likeness (QED) is 0.702. The first kappa shape index (κ1) is 11.2. The molecule has 0 saturated heterocycles. The van der Waals surface area contributed by atoms with Gasteiger partial charge in [-0.1, -0.05) is 20.8 Å². The van der Waals surface area contributed by atoms with Crippen LogP contribution in [0.1, 0.15) is 40.0 Å². The van der Waals surface area contributed by atoms with Gasteiger partial charge in [-0.05, 0) is 18.3 Å². The molecular weight excluding hydrogens is 180 g/mol. The van der Waals surface area contributed by atoms with Gasteiger partial charge in [0.2, 0.25) is 0 Å². The van der Waals surface area contributed by atoms with Crippen molar-refractivity contribution in [2.24, 2.45) is 17.3 Å². The Balaban J connectivity index is 2.74. The Labute approximate surface area is 84.5 Å². The third-order valence-corrected chi connectivity index (χ3v) is 3.04. The maximum atomic E-state index is 11.6. The van der Waals surface area contributed by atoms with Gasteiger partial charge in [0.05, 0.1) is 5.92 Å². The molecule has 14 heavy (non-hydrogen) atoms. The van der Waals surface area contributed by atoms with Gasteiger partial charge in [-0.3, -0.25) is 9.59 Å². The van der Waals surface area contributed by atoms with E-state index < -0.39 is 5.97 Å². The summed E-state index contributed by atoms with van der Waals surface area (Å²) in [5, 5.41) is 8.90. The smallest absolute Gasteiger partial charge is 0.306 e. The van der Waals surface area contributed by atoms with Crippen LogP contribution in [0, 0.1) is 17.3 Å². The zero-order chi connectivity index (χ0) is 10.9. The second-order valence-electron chi connectivity index (χ2n) is 5.19. The van der Waals surface area contributed by atoms with Gasteiger partial charge in [0.1, 0.15) is 5.78 Å². The Morgan fingerprint density at radius 1 is 1.43 bits per heavy atom. The summed E-state index contributed by atoms with van der Waals surface area (Å²) in [6, 6.07) is 0. The van der Waals surface area contributed by atoms with E-state index in [-0.39, 0.29) is 23.0 Å². The van der Waals surface area contributed by atoms with Crippen LogP contribution in [-0.4, -0.2) is 16.9 Å².